The van der Waals surface area contributed by atoms with Crippen molar-refractivity contribution in [3.05, 3.63) is 0 Å². The highest BCUT2D eigenvalue weighted by molar-refractivity contribution is 5.75. The lowest BCUT2D eigenvalue weighted by atomic mass is 9.81. The molecule has 0 aromatic carbocycles. The Morgan fingerprint density at radius 3 is 2.59 bits per heavy atom. The number of carbonyl (C=O) groups excluding carboxylic acids is 1. The van der Waals surface area contributed by atoms with Crippen molar-refractivity contribution < 1.29 is 9.90 Å². The summed E-state index contributed by atoms with van der Waals surface area (Å²) in [7, 11) is 0. The van der Waals surface area contributed by atoms with Crippen molar-refractivity contribution in [2.45, 2.75) is 64.9 Å². The zero-order valence-corrected chi connectivity index (χ0v) is 11.2. The van der Waals surface area contributed by atoms with Crippen molar-refractivity contribution in [2.75, 3.05) is 6.54 Å². The van der Waals surface area contributed by atoms with Gasteiger partial charge in [0.05, 0.1) is 6.10 Å². The van der Waals surface area contributed by atoms with E-state index in [2.05, 4.69) is 12.2 Å². The summed E-state index contributed by atoms with van der Waals surface area (Å²) in [4.78, 5) is 11.4. The number of nitrogens with one attached hydrogen (secondary N) is 1. The van der Waals surface area contributed by atoms with Crippen LogP contribution in [0.25, 0.3) is 0 Å². The average Bonchev–Trinajstić information content (AvgIpc) is 2.29. The standard InChI is InChI=1S/C14H27NO2/c1-11-3-6-13(7-4-11)9-10-15-14(17)8-5-12(2)16/h11-13,16H,3-10H2,1-2H3,(H,15,17). The zero-order chi connectivity index (χ0) is 12.7. The molecule has 1 atom stereocenters. The molecule has 0 spiro atoms. The normalized spacial score (nSPS) is 26.5. The first-order valence-electron chi connectivity index (χ1n) is 7.02. The number of aliphatic hydroxyl groups is 1. The minimum Gasteiger partial charge on any atom is -0.393 e. The molecule has 100 valence electrons. The van der Waals surface area contributed by atoms with Crippen LogP contribution in [0.3, 0.4) is 0 Å². The molecule has 0 radical (unpaired) electrons. The molecule has 2 N–H and O–H groups in total. The second-order valence-electron chi connectivity index (χ2n) is 5.65. The van der Waals surface area contributed by atoms with E-state index in [9.17, 15) is 4.79 Å². The van der Waals surface area contributed by atoms with Gasteiger partial charge in [0, 0.05) is 13.0 Å². The van der Waals surface area contributed by atoms with Gasteiger partial charge in [-0.05, 0) is 31.6 Å². The van der Waals surface area contributed by atoms with Crippen LogP contribution >= 0.6 is 0 Å². The lowest BCUT2D eigenvalue weighted by Gasteiger charge is -2.26. The van der Waals surface area contributed by atoms with Crippen LogP contribution in [0.5, 0.6) is 0 Å². The van der Waals surface area contributed by atoms with Crippen LogP contribution in [-0.4, -0.2) is 23.7 Å². The molecule has 1 saturated carbocycles. The van der Waals surface area contributed by atoms with Gasteiger partial charge >= 0.3 is 0 Å². The number of hydrogen-bond donors (Lipinski definition) is 2. The predicted molar refractivity (Wildman–Crippen MR) is 69.7 cm³/mol. The van der Waals surface area contributed by atoms with E-state index in [4.69, 9.17) is 5.11 Å². The molecule has 1 aliphatic rings. The smallest absolute Gasteiger partial charge is 0.220 e. The molecule has 0 bridgehead atoms. The van der Waals surface area contributed by atoms with Gasteiger partial charge in [0.15, 0.2) is 0 Å². The molecule has 0 aliphatic heterocycles. The first-order valence-corrected chi connectivity index (χ1v) is 7.02. The Balaban J connectivity index is 2.01. The fourth-order valence-electron chi connectivity index (χ4n) is 2.46. The van der Waals surface area contributed by atoms with E-state index in [0.29, 0.717) is 12.8 Å². The first-order chi connectivity index (χ1) is 8.08. The van der Waals surface area contributed by atoms with Crippen LogP contribution in [-0.2, 0) is 4.79 Å². The van der Waals surface area contributed by atoms with Crippen LogP contribution in [0.2, 0.25) is 0 Å². The van der Waals surface area contributed by atoms with E-state index in [1.54, 1.807) is 6.92 Å². The summed E-state index contributed by atoms with van der Waals surface area (Å²) in [6.07, 6.45) is 7.09. The molecule has 1 unspecified atom stereocenters. The van der Waals surface area contributed by atoms with Crippen molar-refractivity contribution in [3.8, 4) is 0 Å². The van der Waals surface area contributed by atoms with Crippen molar-refractivity contribution in [1.82, 2.24) is 5.32 Å². The maximum atomic E-state index is 11.4. The van der Waals surface area contributed by atoms with Crippen LogP contribution < -0.4 is 5.32 Å². The molecule has 0 aromatic rings. The second-order valence-corrected chi connectivity index (χ2v) is 5.65. The summed E-state index contributed by atoms with van der Waals surface area (Å²) in [5, 5.41) is 12.0. The molecule has 0 heterocycles. The van der Waals surface area contributed by atoms with Gasteiger partial charge in [0.25, 0.3) is 0 Å². The number of rotatable bonds is 6. The van der Waals surface area contributed by atoms with Gasteiger partial charge in [0.2, 0.25) is 5.91 Å². The fourth-order valence-corrected chi connectivity index (χ4v) is 2.46. The van der Waals surface area contributed by atoms with Crippen molar-refractivity contribution in [2.24, 2.45) is 11.8 Å². The summed E-state index contributed by atoms with van der Waals surface area (Å²) in [5.74, 6) is 1.78. The van der Waals surface area contributed by atoms with Crippen LogP contribution in [0, 0.1) is 11.8 Å². The molecule has 0 saturated heterocycles. The molecule has 1 aliphatic carbocycles. The molecule has 1 rings (SSSR count). The van der Waals surface area contributed by atoms with Gasteiger partial charge in [0.1, 0.15) is 0 Å². The van der Waals surface area contributed by atoms with Gasteiger partial charge in [-0.1, -0.05) is 32.6 Å². The molecule has 0 aromatic heterocycles. The number of carbonyl (C=O) groups is 1. The number of amides is 1. The molecule has 1 amide bonds. The molecule has 17 heavy (non-hydrogen) atoms. The van der Waals surface area contributed by atoms with Gasteiger partial charge in [-0.15, -0.1) is 0 Å². The maximum absolute atomic E-state index is 11.4. The van der Waals surface area contributed by atoms with E-state index in [-0.39, 0.29) is 12.0 Å². The topological polar surface area (TPSA) is 49.3 Å². The third kappa shape index (κ3) is 6.67. The quantitative estimate of drug-likeness (QED) is 0.750. The third-order valence-corrected chi connectivity index (χ3v) is 3.80. The van der Waals surface area contributed by atoms with Gasteiger partial charge in [-0.2, -0.15) is 0 Å². The molecule has 3 heteroatoms. The first kappa shape index (κ1) is 14.5. The Morgan fingerprint density at radius 1 is 1.35 bits per heavy atom. The van der Waals surface area contributed by atoms with Gasteiger partial charge < -0.3 is 10.4 Å². The van der Waals surface area contributed by atoms with E-state index >= 15 is 0 Å². The molecule has 3 nitrogen and oxygen atoms in total. The lowest BCUT2D eigenvalue weighted by Crippen LogP contribution is -2.27. The fraction of sp³-hybridized carbons (Fsp3) is 0.929. The zero-order valence-electron chi connectivity index (χ0n) is 11.2. The minimum absolute atomic E-state index is 0.0788. The van der Waals surface area contributed by atoms with Crippen LogP contribution in [0.4, 0.5) is 0 Å². The third-order valence-electron chi connectivity index (χ3n) is 3.80. The average molecular weight is 241 g/mol. The maximum Gasteiger partial charge on any atom is 0.220 e. The Morgan fingerprint density at radius 2 is 2.00 bits per heavy atom. The van der Waals surface area contributed by atoms with E-state index in [1.807, 2.05) is 0 Å². The predicted octanol–water partition coefficient (Wildman–Crippen LogP) is 2.48. The summed E-state index contributed by atoms with van der Waals surface area (Å²) in [5.41, 5.74) is 0. The van der Waals surface area contributed by atoms with E-state index in [1.165, 1.54) is 25.7 Å². The van der Waals surface area contributed by atoms with Crippen molar-refractivity contribution >= 4 is 5.91 Å². The highest BCUT2D eigenvalue weighted by atomic mass is 16.3. The summed E-state index contributed by atoms with van der Waals surface area (Å²) < 4.78 is 0. The molecular formula is C14H27NO2. The summed E-state index contributed by atoms with van der Waals surface area (Å²) in [6, 6.07) is 0. The number of aliphatic hydroxyl groups excluding tert-OH is 1. The second kappa shape index (κ2) is 7.70. The largest absolute Gasteiger partial charge is 0.393 e. The lowest BCUT2D eigenvalue weighted by molar-refractivity contribution is -0.121. The van der Waals surface area contributed by atoms with Crippen molar-refractivity contribution in [3.63, 3.8) is 0 Å². The molecular weight excluding hydrogens is 214 g/mol. The summed E-state index contributed by atoms with van der Waals surface area (Å²) >= 11 is 0. The Bertz CT molecular complexity index is 220. The van der Waals surface area contributed by atoms with Crippen LogP contribution in [0.15, 0.2) is 0 Å². The minimum atomic E-state index is -0.374. The highest BCUT2D eigenvalue weighted by Gasteiger charge is 2.17. The summed E-state index contributed by atoms with van der Waals surface area (Å²) in [6.45, 7) is 4.85. The number of hydrogen-bond acceptors (Lipinski definition) is 2. The Hall–Kier alpha value is -0.570. The SMILES string of the molecule is CC(O)CCC(=O)NCCC1CCC(C)CC1. The highest BCUT2D eigenvalue weighted by Crippen LogP contribution is 2.29. The molecule has 1 fully saturated rings. The van der Waals surface area contributed by atoms with E-state index < -0.39 is 0 Å². The van der Waals surface area contributed by atoms with Gasteiger partial charge in [-0.25, -0.2) is 0 Å². The van der Waals surface area contributed by atoms with E-state index in [0.717, 1.165) is 24.8 Å². The van der Waals surface area contributed by atoms with Gasteiger partial charge in [-0.3, -0.25) is 4.79 Å². The Labute approximate surface area is 105 Å². The Kier molecular flexibility index (Phi) is 6.56. The van der Waals surface area contributed by atoms with Crippen LogP contribution in [0.1, 0.15) is 58.8 Å². The monoisotopic (exact) mass is 241 g/mol. The van der Waals surface area contributed by atoms with Crippen molar-refractivity contribution in [1.29, 1.82) is 0 Å².